The van der Waals surface area contributed by atoms with E-state index in [9.17, 15) is 9.59 Å². The van der Waals surface area contributed by atoms with Gasteiger partial charge in [-0.3, -0.25) is 9.80 Å². The summed E-state index contributed by atoms with van der Waals surface area (Å²) in [7, 11) is 0. The molecule has 10 nitrogen and oxygen atoms in total. The van der Waals surface area contributed by atoms with Crippen LogP contribution >= 0.6 is 0 Å². The molecule has 10 heteroatoms. The molecule has 7 rings (SSSR count). The Morgan fingerprint density at radius 2 is 1.24 bits per heavy atom. The van der Waals surface area contributed by atoms with Crippen molar-refractivity contribution in [2.45, 2.75) is 84.6 Å². The number of benzene rings is 3. The van der Waals surface area contributed by atoms with E-state index < -0.39 is 11.2 Å². The predicted molar refractivity (Wildman–Crippen MR) is 199 cm³/mol. The van der Waals surface area contributed by atoms with Crippen molar-refractivity contribution in [3.05, 3.63) is 96.4 Å². The third kappa shape index (κ3) is 7.41. The SMILES string of the molecule is CC1=CC(c2ncc(-c3ccc4cc(-c5ccc(-c6cnc([C@@H]7CCCN7C(=O)OC(C)(C)C)[nH]6)cc5)ccc4c3)[nH]2)N(C(=O)OC(C)(C)C)C1. The number of nitrogens with one attached hydrogen (secondary N) is 2. The Hall–Kier alpha value is -5.38. The van der Waals surface area contributed by atoms with Crippen molar-refractivity contribution in [2.75, 3.05) is 13.1 Å². The molecule has 0 radical (unpaired) electrons. The Morgan fingerprint density at radius 3 is 1.90 bits per heavy atom. The fourth-order valence-corrected chi connectivity index (χ4v) is 6.82. The van der Waals surface area contributed by atoms with Crippen LogP contribution in [0.2, 0.25) is 0 Å². The summed E-state index contributed by atoms with van der Waals surface area (Å²) >= 11 is 0. The van der Waals surface area contributed by atoms with Gasteiger partial charge in [0.05, 0.1) is 29.8 Å². The summed E-state index contributed by atoms with van der Waals surface area (Å²) in [5.41, 5.74) is 6.08. The smallest absolute Gasteiger partial charge is 0.411 e. The first kappa shape index (κ1) is 34.1. The number of hydrogen-bond donors (Lipinski definition) is 2. The molecule has 1 unspecified atom stereocenters. The molecule has 2 N–H and O–H groups in total. The van der Waals surface area contributed by atoms with Gasteiger partial charge in [-0.15, -0.1) is 0 Å². The summed E-state index contributed by atoms with van der Waals surface area (Å²) < 4.78 is 11.3. The lowest BCUT2D eigenvalue weighted by Crippen LogP contribution is -2.37. The van der Waals surface area contributed by atoms with Gasteiger partial charge in [0.1, 0.15) is 28.9 Å². The molecule has 3 aromatic carbocycles. The number of carbonyl (C=O) groups excluding carboxylic acids is 2. The van der Waals surface area contributed by atoms with E-state index in [1.54, 1.807) is 9.80 Å². The van der Waals surface area contributed by atoms with Crippen LogP contribution < -0.4 is 0 Å². The Balaban J connectivity index is 1.05. The van der Waals surface area contributed by atoms with Gasteiger partial charge in [-0.1, -0.05) is 60.2 Å². The van der Waals surface area contributed by atoms with E-state index in [0.717, 1.165) is 68.7 Å². The number of amides is 2. The second-order valence-electron chi connectivity index (χ2n) is 15.6. The van der Waals surface area contributed by atoms with Crippen LogP contribution in [-0.2, 0) is 9.47 Å². The first-order valence-corrected chi connectivity index (χ1v) is 17.6. The van der Waals surface area contributed by atoms with Crippen molar-refractivity contribution in [3.8, 4) is 33.6 Å². The molecule has 0 saturated carbocycles. The third-order valence-corrected chi connectivity index (χ3v) is 9.17. The van der Waals surface area contributed by atoms with Gasteiger partial charge in [0.2, 0.25) is 0 Å². The van der Waals surface area contributed by atoms with Crippen LogP contribution in [0.15, 0.2) is 84.7 Å². The van der Waals surface area contributed by atoms with Crippen LogP contribution in [0.4, 0.5) is 9.59 Å². The highest BCUT2D eigenvalue weighted by molar-refractivity contribution is 5.90. The molecule has 4 heterocycles. The Kier molecular flexibility index (Phi) is 8.73. The van der Waals surface area contributed by atoms with E-state index in [2.05, 4.69) is 86.7 Å². The number of fused-ring (bicyclic) bond motifs is 1. The number of H-pyrrole nitrogens is 2. The van der Waals surface area contributed by atoms with Crippen LogP contribution in [0.3, 0.4) is 0 Å². The highest BCUT2D eigenvalue weighted by Gasteiger charge is 2.35. The number of rotatable bonds is 5. The number of aromatic nitrogens is 4. The number of ether oxygens (including phenoxy) is 2. The van der Waals surface area contributed by atoms with Crippen LogP contribution in [0.25, 0.3) is 44.4 Å². The van der Waals surface area contributed by atoms with Crippen molar-refractivity contribution in [1.82, 2.24) is 29.7 Å². The molecule has 2 aromatic heterocycles. The molecule has 2 aliphatic heterocycles. The number of imidazole rings is 2. The van der Waals surface area contributed by atoms with Crippen LogP contribution in [0, 0.1) is 0 Å². The Bertz CT molecular complexity index is 2110. The number of hydrogen-bond acceptors (Lipinski definition) is 6. The molecule has 1 fully saturated rings. The molecular formula is C41H46N6O4. The standard InChI is InChI=1S/C41H46N6O4/c1-25-19-35(47(24-25)39(49)51-41(5,6)7)37-43-23-33(45-37)31-17-16-29-20-28(14-15-30(29)21-31)26-10-12-27(13-11-26)32-22-42-36(44-32)34-9-8-18-46(34)38(48)50-40(2,3)4/h10-17,19-23,34-35H,8-9,18,24H2,1-7H3,(H,42,44)(H,43,45)/t34-,35?/m0/s1. The van der Waals surface area contributed by atoms with Gasteiger partial charge in [0.25, 0.3) is 0 Å². The summed E-state index contributed by atoms with van der Waals surface area (Å²) in [4.78, 5) is 45.5. The number of aromatic amines is 2. The van der Waals surface area contributed by atoms with Crippen LogP contribution in [-0.4, -0.2) is 66.2 Å². The molecule has 1 saturated heterocycles. The summed E-state index contributed by atoms with van der Waals surface area (Å²) in [6.45, 7) is 14.5. The summed E-state index contributed by atoms with van der Waals surface area (Å²) in [5.74, 6) is 1.49. The highest BCUT2D eigenvalue weighted by Crippen LogP contribution is 2.35. The van der Waals surface area contributed by atoms with Gasteiger partial charge in [0, 0.05) is 18.7 Å². The zero-order chi connectivity index (χ0) is 36.1. The predicted octanol–water partition coefficient (Wildman–Crippen LogP) is 9.60. The summed E-state index contributed by atoms with van der Waals surface area (Å²) in [5, 5.41) is 2.25. The second kappa shape index (κ2) is 13.1. The minimum absolute atomic E-state index is 0.121. The topological polar surface area (TPSA) is 116 Å². The van der Waals surface area contributed by atoms with Crippen LogP contribution in [0.1, 0.15) is 85.0 Å². The highest BCUT2D eigenvalue weighted by atomic mass is 16.6. The van der Waals surface area contributed by atoms with E-state index in [1.807, 2.05) is 60.9 Å². The van der Waals surface area contributed by atoms with Crippen molar-refractivity contribution < 1.29 is 19.1 Å². The zero-order valence-corrected chi connectivity index (χ0v) is 30.4. The number of carbonyl (C=O) groups is 2. The van der Waals surface area contributed by atoms with E-state index in [4.69, 9.17) is 9.47 Å². The van der Waals surface area contributed by atoms with Crippen molar-refractivity contribution in [2.24, 2.45) is 0 Å². The fraction of sp³-hybridized carbons (Fsp3) is 0.366. The van der Waals surface area contributed by atoms with E-state index in [1.165, 1.54) is 0 Å². The van der Waals surface area contributed by atoms with E-state index in [0.29, 0.717) is 18.9 Å². The molecule has 0 aliphatic carbocycles. The normalized spacial score (nSPS) is 18.0. The van der Waals surface area contributed by atoms with Crippen molar-refractivity contribution in [3.63, 3.8) is 0 Å². The van der Waals surface area contributed by atoms with Gasteiger partial charge >= 0.3 is 12.2 Å². The number of nitrogens with zero attached hydrogens (tertiary/aromatic N) is 4. The van der Waals surface area contributed by atoms with E-state index >= 15 is 0 Å². The average molecular weight is 687 g/mol. The molecule has 2 atom stereocenters. The first-order valence-electron chi connectivity index (χ1n) is 17.6. The maximum Gasteiger partial charge on any atom is 0.411 e. The molecule has 264 valence electrons. The maximum atomic E-state index is 12.9. The molecule has 0 bridgehead atoms. The lowest BCUT2D eigenvalue weighted by Gasteiger charge is -2.27. The average Bonchev–Trinajstić information content (AvgIpc) is 3.89. The van der Waals surface area contributed by atoms with Gasteiger partial charge in [-0.2, -0.15) is 0 Å². The monoisotopic (exact) mass is 686 g/mol. The lowest BCUT2D eigenvalue weighted by molar-refractivity contribution is 0.0213. The minimum Gasteiger partial charge on any atom is -0.444 e. The van der Waals surface area contributed by atoms with Crippen LogP contribution in [0.5, 0.6) is 0 Å². The molecule has 2 amide bonds. The summed E-state index contributed by atoms with van der Waals surface area (Å²) in [6, 6.07) is 20.9. The molecular weight excluding hydrogens is 640 g/mol. The molecule has 51 heavy (non-hydrogen) atoms. The largest absolute Gasteiger partial charge is 0.444 e. The van der Waals surface area contributed by atoms with Gasteiger partial charge in [0.15, 0.2) is 0 Å². The molecule has 0 spiro atoms. The minimum atomic E-state index is -0.573. The molecule has 5 aromatic rings. The van der Waals surface area contributed by atoms with E-state index in [-0.39, 0.29) is 24.3 Å². The summed E-state index contributed by atoms with van der Waals surface area (Å²) in [6.07, 6.45) is 6.85. The van der Waals surface area contributed by atoms with Crippen molar-refractivity contribution in [1.29, 1.82) is 0 Å². The van der Waals surface area contributed by atoms with Gasteiger partial charge in [-0.05, 0) is 101 Å². The van der Waals surface area contributed by atoms with Crippen molar-refractivity contribution >= 4 is 23.0 Å². The Labute approximate surface area is 298 Å². The first-order chi connectivity index (χ1) is 24.2. The van der Waals surface area contributed by atoms with Gasteiger partial charge < -0.3 is 19.4 Å². The maximum absolute atomic E-state index is 12.9. The lowest BCUT2D eigenvalue weighted by atomic mass is 9.98. The quantitative estimate of drug-likeness (QED) is 0.178. The second-order valence-corrected chi connectivity index (χ2v) is 15.6. The Morgan fingerprint density at radius 1 is 0.706 bits per heavy atom. The number of likely N-dealkylation sites (tertiary alicyclic amines) is 1. The van der Waals surface area contributed by atoms with Gasteiger partial charge in [-0.25, -0.2) is 19.6 Å². The zero-order valence-electron chi connectivity index (χ0n) is 30.4. The fourth-order valence-electron chi connectivity index (χ4n) is 6.82. The molecule has 2 aliphatic rings. The third-order valence-electron chi connectivity index (χ3n) is 9.17.